The van der Waals surface area contributed by atoms with Gasteiger partial charge in [-0.15, -0.1) is 11.3 Å². The second-order valence-corrected chi connectivity index (χ2v) is 5.87. The average molecular weight is 258 g/mol. The molecular formula is C15H14O2S. The number of hydrogen-bond donors (Lipinski definition) is 1. The molecule has 0 bridgehead atoms. The van der Waals surface area contributed by atoms with Gasteiger partial charge in [0.2, 0.25) is 0 Å². The van der Waals surface area contributed by atoms with Gasteiger partial charge in [-0.25, -0.2) is 0 Å². The lowest BCUT2D eigenvalue weighted by Crippen LogP contribution is -2.18. The maximum atomic E-state index is 11.3. The van der Waals surface area contributed by atoms with E-state index in [2.05, 4.69) is 25.1 Å². The van der Waals surface area contributed by atoms with Gasteiger partial charge in [0.25, 0.3) is 0 Å². The van der Waals surface area contributed by atoms with E-state index in [0.29, 0.717) is 0 Å². The van der Waals surface area contributed by atoms with Gasteiger partial charge in [-0.2, -0.15) is 0 Å². The van der Waals surface area contributed by atoms with Gasteiger partial charge in [-0.1, -0.05) is 29.8 Å². The number of thiophene rings is 1. The van der Waals surface area contributed by atoms with Crippen molar-refractivity contribution >= 4 is 17.3 Å². The molecule has 0 atom stereocenters. The molecule has 0 unspecified atom stereocenters. The molecule has 0 radical (unpaired) electrons. The highest BCUT2D eigenvalue weighted by Crippen LogP contribution is 2.50. The van der Waals surface area contributed by atoms with Crippen LogP contribution in [0.3, 0.4) is 0 Å². The molecule has 92 valence electrons. The molecule has 1 aliphatic carbocycles. The van der Waals surface area contributed by atoms with Crippen molar-refractivity contribution < 1.29 is 9.90 Å². The van der Waals surface area contributed by atoms with Gasteiger partial charge in [0.15, 0.2) is 0 Å². The highest BCUT2D eigenvalue weighted by atomic mass is 32.1. The van der Waals surface area contributed by atoms with Gasteiger partial charge >= 0.3 is 5.97 Å². The lowest BCUT2D eigenvalue weighted by molar-refractivity contribution is -0.140. The highest BCUT2D eigenvalue weighted by Gasteiger charge is 2.52. The quantitative estimate of drug-likeness (QED) is 0.908. The number of hydrogen-bond acceptors (Lipinski definition) is 2. The normalized spacial score (nSPS) is 16.5. The van der Waals surface area contributed by atoms with Crippen molar-refractivity contribution in [3.05, 3.63) is 46.8 Å². The second kappa shape index (κ2) is 3.95. The molecule has 0 aliphatic heterocycles. The molecule has 2 nitrogen and oxygen atoms in total. The van der Waals surface area contributed by atoms with Crippen molar-refractivity contribution in [2.75, 3.05) is 0 Å². The van der Waals surface area contributed by atoms with Crippen LogP contribution in [0.1, 0.15) is 24.0 Å². The van der Waals surface area contributed by atoms with Gasteiger partial charge in [-0.3, -0.25) is 4.79 Å². The third-order valence-corrected chi connectivity index (χ3v) is 4.59. The fraction of sp³-hybridized carbons (Fsp3) is 0.267. The summed E-state index contributed by atoms with van der Waals surface area (Å²) in [6.45, 7) is 2.07. The van der Waals surface area contributed by atoms with Crippen molar-refractivity contribution in [3.8, 4) is 10.4 Å². The molecule has 0 saturated heterocycles. The van der Waals surface area contributed by atoms with Crippen molar-refractivity contribution in [1.82, 2.24) is 0 Å². The zero-order valence-corrected chi connectivity index (χ0v) is 11.0. The Bertz CT molecular complexity index is 608. The Labute approximate surface area is 110 Å². The summed E-state index contributed by atoms with van der Waals surface area (Å²) in [6.07, 6.45) is 1.54. The summed E-state index contributed by atoms with van der Waals surface area (Å²) in [5.41, 5.74) is 2.78. The molecule has 18 heavy (non-hydrogen) atoms. The summed E-state index contributed by atoms with van der Waals surface area (Å²) in [7, 11) is 0. The summed E-state index contributed by atoms with van der Waals surface area (Å²) < 4.78 is 0. The van der Waals surface area contributed by atoms with E-state index >= 15 is 0 Å². The van der Waals surface area contributed by atoms with Crippen LogP contribution >= 0.6 is 11.3 Å². The minimum absolute atomic E-state index is 0.585. The maximum absolute atomic E-state index is 11.3. The van der Waals surface area contributed by atoms with E-state index in [4.69, 9.17) is 0 Å². The van der Waals surface area contributed by atoms with E-state index in [9.17, 15) is 9.90 Å². The van der Waals surface area contributed by atoms with E-state index in [1.54, 1.807) is 11.3 Å². The molecule has 3 rings (SSSR count). The summed E-state index contributed by atoms with van der Waals surface area (Å²) >= 11 is 1.63. The van der Waals surface area contributed by atoms with Gasteiger partial charge in [-0.05, 0) is 42.3 Å². The molecule has 1 heterocycles. The molecule has 0 spiro atoms. The Morgan fingerprint density at radius 2 is 2.11 bits per heavy atom. The first kappa shape index (κ1) is 11.5. The Balaban J connectivity index is 1.98. The van der Waals surface area contributed by atoms with Crippen LogP contribution in [0.5, 0.6) is 0 Å². The number of carboxylic acid groups (broad SMARTS) is 1. The van der Waals surface area contributed by atoms with Crippen LogP contribution in [0.15, 0.2) is 35.7 Å². The molecule has 1 aromatic heterocycles. The molecular weight excluding hydrogens is 244 g/mol. The average Bonchev–Trinajstić information content (AvgIpc) is 3.01. The van der Waals surface area contributed by atoms with Crippen molar-refractivity contribution in [2.45, 2.75) is 25.2 Å². The van der Waals surface area contributed by atoms with Gasteiger partial charge in [0.05, 0.1) is 5.41 Å². The predicted octanol–water partition coefficient (Wildman–Crippen LogP) is 3.84. The first-order valence-corrected chi connectivity index (χ1v) is 6.89. The zero-order chi connectivity index (χ0) is 12.8. The Kier molecular flexibility index (Phi) is 2.52. The molecule has 1 saturated carbocycles. The fourth-order valence-corrected chi connectivity index (χ4v) is 3.29. The number of carbonyl (C=O) groups is 1. The number of rotatable bonds is 3. The van der Waals surface area contributed by atoms with Crippen LogP contribution in [-0.2, 0) is 10.2 Å². The van der Waals surface area contributed by atoms with Crippen molar-refractivity contribution in [2.24, 2.45) is 0 Å². The minimum atomic E-state index is -0.684. The summed E-state index contributed by atoms with van der Waals surface area (Å²) in [5.74, 6) is -0.684. The minimum Gasteiger partial charge on any atom is -0.481 e. The van der Waals surface area contributed by atoms with Crippen LogP contribution in [0.4, 0.5) is 0 Å². The van der Waals surface area contributed by atoms with Crippen LogP contribution < -0.4 is 0 Å². The third kappa shape index (κ3) is 1.75. The lowest BCUT2D eigenvalue weighted by atomic mass is 9.98. The number of benzene rings is 1. The van der Waals surface area contributed by atoms with E-state index in [-0.39, 0.29) is 0 Å². The Morgan fingerprint density at radius 1 is 1.33 bits per heavy atom. The third-order valence-electron chi connectivity index (χ3n) is 3.61. The van der Waals surface area contributed by atoms with Crippen LogP contribution in [0.25, 0.3) is 10.4 Å². The summed E-state index contributed by atoms with van der Waals surface area (Å²) in [5, 5.41) is 11.3. The second-order valence-electron chi connectivity index (χ2n) is 4.96. The predicted molar refractivity (Wildman–Crippen MR) is 73.0 cm³/mol. The molecule has 1 aromatic carbocycles. The molecule has 1 N–H and O–H groups in total. The summed E-state index contributed by atoms with van der Waals surface area (Å²) in [4.78, 5) is 12.4. The number of aryl methyl sites for hydroxylation is 1. The van der Waals surface area contributed by atoms with Crippen LogP contribution in [0, 0.1) is 6.92 Å². The van der Waals surface area contributed by atoms with E-state index < -0.39 is 11.4 Å². The first-order valence-electron chi connectivity index (χ1n) is 6.01. The topological polar surface area (TPSA) is 37.3 Å². The molecule has 3 heteroatoms. The monoisotopic (exact) mass is 258 g/mol. The largest absolute Gasteiger partial charge is 0.481 e. The molecule has 2 aromatic rings. The van der Waals surface area contributed by atoms with Crippen LogP contribution in [-0.4, -0.2) is 11.1 Å². The zero-order valence-electron chi connectivity index (χ0n) is 10.1. The molecule has 1 fully saturated rings. The standard InChI is InChI=1S/C15H14O2S/c1-10-3-2-4-11(7-10)13-8-12(9-18-13)15(5-6-15)14(16)17/h2-4,7-9H,5-6H2,1H3,(H,16,17). The van der Waals surface area contributed by atoms with Crippen molar-refractivity contribution in [1.29, 1.82) is 0 Å². The lowest BCUT2D eigenvalue weighted by Gasteiger charge is -2.05. The van der Waals surface area contributed by atoms with Crippen LogP contribution in [0.2, 0.25) is 0 Å². The smallest absolute Gasteiger partial charge is 0.314 e. The number of aliphatic carboxylic acids is 1. The molecule has 0 amide bonds. The Hall–Kier alpha value is -1.61. The van der Waals surface area contributed by atoms with E-state index in [0.717, 1.165) is 23.3 Å². The van der Waals surface area contributed by atoms with Gasteiger partial charge in [0.1, 0.15) is 0 Å². The van der Waals surface area contributed by atoms with Gasteiger partial charge in [0, 0.05) is 4.88 Å². The van der Waals surface area contributed by atoms with Gasteiger partial charge < -0.3 is 5.11 Å². The Morgan fingerprint density at radius 3 is 2.72 bits per heavy atom. The maximum Gasteiger partial charge on any atom is 0.314 e. The highest BCUT2D eigenvalue weighted by molar-refractivity contribution is 7.13. The summed E-state index contributed by atoms with van der Waals surface area (Å²) in [6, 6.07) is 10.4. The van der Waals surface area contributed by atoms with E-state index in [1.165, 1.54) is 11.1 Å². The number of carboxylic acids is 1. The SMILES string of the molecule is Cc1cccc(-c2cc(C3(C(=O)O)CC3)cs2)c1. The van der Waals surface area contributed by atoms with E-state index in [1.807, 2.05) is 17.5 Å². The molecule has 1 aliphatic rings. The van der Waals surface area contributed by atoms with Crippen molar-refractivity contribution in [3.63, 3.8) is 0 Å². The fourth-order valence-electron chi connectivity index (χ4n) is 2.29. The first-order chi connectivity index (χ1) is 8.62.